The topological polar surface area (TPSA) is 16.4 Å². The van der Waals surface area contributed by atoms with Crippen molar-refractivity contribution in [2.45, 2.75) is 0 Å². The lowest BCUT2D eigenvalue weighted by atomic mass is 9.93. The second kappa shape index (κ2) is 10.3. The number of fused-ring (bicyclic) bond motifs is 9. The minimum Gasteiger partial charge on any atom is -0.456 e. The number of para-hydroxylation sites is 1. The first-order valence-electron chi connectivity index (χ1n) is 15.9. The normalized spacial score (nSPS) is 11.8. The number of hydrogen-bond acceptors (Lipinski definition) is 3. The molecular formula is C44H27NOS. The van der Waals surface area contributed by atoms with E-state index in [4.69, 9.17) is 4.42 Å². The third-order valence-corrected chi connectivity index (χ3v) is 10.7. The molecule has 0 aliphatic carbocycles. The molecule has 8 aromatic carbocycles. The summed E-state index contributed by atoms with van der Waals surface area (Å²) in [6, 6.07) is 59.0. The number of thiophene rings is 1. The molecule has 220 valence electrons. The van der Waals surface area contributed by atoms with Crippen LogP contribution in [0.25, 0.3) is 74.8 Å². The van der Waals surface area contributed by atoms with Gasteiger partial charge in [0.1, 0.15) is 11.2 Å². The molecule has 10 aromatic rings. The van der Waals surface area contributed by atoms with Gasteiger partial charge in [-0.05, 0) is 81.2 Å². The Labute approximate surface area is 275 Å². The largest absolute Gasteiger partial charge is 0.456 e. The molecule has 0 atom stereocenters. The van der Waals surface area contributed by atoms with Crippen molar-refractivity contribution in [2.24, 2.45) is 0 Å². The van der Waals surface area contributed by atoms with Crippen LogP contribution >= 0.6 is 11.3 Å². The molecule has 0 spiro atoms. The highest BCUT2D eigenvalue weighted by Crippen LogP contribution is 2.46. The van der Waals surface area contributed by atoms with E-state index in [1.54, 1.807) is 0 Å². The minimum atomic E-state index is 0.886. The Morgan fingerprint density at radius 1 is 0.426 bits per heavy atom. The van der Waals surface area contributed by atoms with E-state index in [9.17, 15) is 0 Å². The first kappa shape index (κ1) is 26.3. The van der Waals surface area contributed by atoms with Gasteiger partial charge in [0.2, 0.25) is 0 Å². The number of anilines is 3. The predicted molar refractivity (Wildman–Crippen MR) is 202 cm³/mol. The summed E-state index contributed by atoms with van der Waals surface area (Å²) < 4.78 is 8.94. The maximum absolute atomic E-state index is 6.38. The van der Waals surface area contributed by atoms with Gasteiger partial charge in [-0.3, -0.25) is 0 Å². The number of benzene rings is 8. The zero-order valence-electron chi connectivity index (χ0n) is 25.4. The summed E-state index contributed by atoms with van der Waals surface area (Å²) in [5.74, 6) is 0. The van der Waals surface area contributed by atoms with Crippen molar-refractivity contribution in [3.63, 3.8) is 0 Å². The van der Waals surface area contributed by atoms with Crippen LogP contribution in [-0.2, 0) is 0 Å². The van der Waals surface area contributed by atoms with Gasteiger partial charge >= 0.3 is 0 Å². The second-order valence-corrected chi connectivity index (χ2v) is 13.2. The zero-order valence-corrected chi connectivity index (χ0v) is 26.2. The van der Waals surface area contributed by atoms with Crippen molar-refractivity contribution in [3.8, 4) is 11.1 Å². The maximum Gasteiger partial charge on any atom is 0.137 e. The summed E-state index contributed by atoms with van der Waals surface area (Å²) >= 11 is 1.85. The van der Waals surface area contributed by atoms with E-state index in [-0.39, 0.29) is 0 Å². The fraction of sp³-hybridized carbons (Fsp3) is 0. The lowest BCUT2D eigenvalue weighted by molar-refractivity contribution is 0.669. The third-order valence-electron chi connectivity index (χ3n) is 9.45. The van der Waals surface area contributed by atoms with E-state index in [0.29, 0.717) is 0 Å². The van der Waals surface area contributed by atoms with Crippen LogP contribution in [0.15, 0.2) is 168 Å². The molecule has 0 saturated heterocycles. The molecule has 2 aromatic heterocycles. The van der Waals surface area contributed by atoms with Crippen LogP contribution in [0.3, 0.4) is 0 Å². The van der Waals surface area contributed by atoms with Gasteiger partial charge in [-0.1, -0.05) is 109 Å². The Morgan fingerprint density at radius 2 is 1.09 bits per heavy atom. The van der Waals surface area contributed by atoms with Crippen molar-refractivity contribution in [1.29, 1.82) is 0 Å². The van der Waals surface area contributed by atoms with Crippen LogP contribution in [0.2, 0.25) is 0 Å². The molecule has 10 rings (SSSR count). The maximum atomic E-state index is 6.38. The molecule has 0 unspecified atom stereocenters. The van der Waals surface area contributed by atoms with Gasteiger partial charge in [0.25, 0.3) is 0 Å². The van der Waals surface area contributed by atoms with Crippen molar-refractivity contribution < 1.29 is 4.42 Å². The van der Waals surface area contributed by atoms with Crippen LogP contribution < -0.4 is 4.90 Å². The third kappa shape index (κ3) is 4.10. The lowest BCUT2D eigenvalue weighted by Crippen LogP contribution is -2.10. The Morgan fingerprint density at radius 3 is 1.96 bits per heavy atom. The summed E-state index contributed by atoms with van der Waals surface area (Å²) in [6.07, 6.45) is 0. The van der Waals surface area contributed by atoms with E-state index in [2.05, 4.69) is 157 Å². The lowest BCUT2D eigenvalue weighted by Gasteiger charge is -2.26. The zero-order chi connectivity index (χ0) is 30.9. The molecule has 2 nitrogen and oxygen atoms in total. The number of rotatable bonds is 4. The van der Waals surface area contributed by atoms with Crippen LogP contribution in [0.1, 0.15) is 0 Å². The Bertz CT molecular complexity index is 2810. The van der Waals surface area contributed by atoms with Crippen molar-refractivity contribution in [3.05, 3.63) is 164 Å². The quantitative estimate of drug-likeness (QED) is 0.183. The summed E-state index contributed by atoms with van der Waals surface area (Å²) in [6.45, 7) is 0. The monoisotopic (exact) mass is 617 g/mol. The molecule has 0 fully saturated rings. The van der Waals surface area contributed by atoms with E-state index in [1.807, 2.05) is 23.5 Å². The predicted octanol–water partition coefficient (Wildman–Crippen LogP) is 13.4. The smallest absolute Gasteiger partial charge is 0.137 e. The average Bonchev–Trinajstić information content (AvgIpc) is 3.70. The first-order chi connectivity index (χ1) is 23.3. The molecule has 0 bridgehead atoms. The molecule has 0 amide bonds. The van der Waals surface area contributed by atoms with Crippen LogP contribution in [0.4, 0.5) is 17.1 Å². The summed E-state index contributed by atoms with van der Waals surface area (Å²) in [7, 11) is 0. The molecule has 2 heterocycles. The Kier molecular flexibility index (Phi) is 5.78. The number of hydrogen-bond donors (Lipinski definition) is 0. The SMILES string of the molecule is c1ccc2c(c1)cc(-c1ccc(N(c3ccc4c(c3)oc3ccccc34)c3cccc4c3sc3ccccc34)cc1)c1ccccc12. The van der Waals surface area contributed by atoms with Crippen molar-refractivity contribution in [2.75, 3.05) is 4.90 Å². The molecule has 47 heavy (non-hydrogen) atoms. The molecule has 0 aliphatic rings. The fourth-order valence-electron chi connectivity index (χ4n) is 7.27. The Balaban J connectivity index is 1.18. The molecule has 0 N–H and O–H groups in total. The van der Waals surface area contributed by atoms with Gasteiger partial charge in [0.15, 0.2) is 0 Å². The summed E-state index contributed by atoms with van der Waals surface area (Å²) in [5.41, 5.74) is 7.55. The van der Waals surface area contributed by atoms with Gasteiger partial charge in [0.05, 0.1) is 10.4 Å². The highest BCUT2D eigenvalue weighted by atomic mass is 32.1. The van der Waals surface area contributed by atoms with Crippen LogP contribution in [-0.4, -0.2) is 0 Å². The van der Waals surface area contributed by atoms with Crippen molar-refractivity contribution >= 4 is 92.1 Å². The first-order valence-corrected chi connectivity index (χ1v) is 16.7. The molecule has 0 aliphatic heterocycles. The second-order valence-electron chi connectivity index (χ2n) is 12.1. The molecule has 3 heteroatoms. The Hall–Kier alpha value is -5.90. The van der Waals surface area contributed by atoms with E-state index in [1.165, 1.54) is 52.8 Å². The molecular weight excluding hydrogens is 591 g/mol. The summed E-state index contributed by atoms with van der Waals surface area (Å²) in [5, 5.41) is 9.91. The van der Waals surface area contributed by atoms with E-state index < -0.39 is 0 Å². The van der Waals surface area contributed by atoms with Gasteiger partial charge in [-0.25, -0.2) is 0 Å². The average molecular weight is 618 g/mol. The fourth-order valence-corrected chi connectivity index (χ4v) is 8.48. The molecule has 0 saturated carbocycles. The van der Waals surface area contributed by atoms with Gasteiger partial charge < -0.3 is 9.32 Å². The van der Waals surface area contributed by atoms with Crippen molar-refractivity contribution in [1.82, 2.24) is 0 Å². The van der Waals surface area contributed by atoms with Gasteiger partial charge in [0, 0.05) is 43.7 Å². The van der Waals surface area contributed by atoms with Crippen LogP contribution in [0, 0.1) is 0 Å². The van der Waals surface area contributed by atoms with E-state index in [0.717, 1.165) is 39.0 Å². The standard InChI is InChI=1S/C44H27NOS/c1-2-11-32-29(10-1)26-39(34-13-4-3-12-33(32)34)28-20-22-30(23-21-28)45(31-24-25-36-35-14-5-7-18-41(35)46-42(36)27-31)40-17-9-16-38-37-15-6-8-19-43(37)47-44(38)40/h1-27H. The van der Waals surface area contributed by atoms with Crippen LogP contribution in [0.5, 0.6) is 0 Å². The highest BCUT2D eigenvalue weighted by molar-refractivity contribution is 7.26. The minimum absolute atomic E-state index is 0.886. The summed E-state index contributed by atoms with van der Waals surface area (Å²) in [4.78, 5) is 2.38. The van der Waals surface area contributed by atoms with Gasteiger partial charge in [-0.2, -0.15) is 0 Å². The molecule has 0 radical (unpaired) electrons. The number of furan rings is 1. The number of nitrogens with zero attached hydrogens (tertiary/aromatic N) is 1. The van der Waals surface area contributed by atoms with Gasteiger partial charge in [-0.15, -0.1) is 11.3 Å². The highest BCUT2D eigenvalue weighted by Gasteiger charge is 2.20. The van der Waals surface area contributed by atoms with E-state index >= 15 is 0 Å².